The maximum Gasteiger partial charge on any atom is 0.244 e. The van der Waals surface area contributed by atoms with Crippen LogP contribution in [0, 0.1) is 26.6 Å². The van der Waals surface area contributed by atoms with Crippen LogP contribution in [0.25, 0.3) is 11.3 Å². The van der Waals surface area contributed by atoms with Crippen molar-refractivity contribution in [3.8, 4) is 11.3 Å². The lowest BCUT2D eigenvalue weighted by atomic mass is 9.98. The van der Waals surface area contributed by atoms with Gasteiger partial charge in [-0.25, -0.2) is 17.8 Å². The van der Waals surface area contributed by atoms with Gasteiger partial charge in [-0.2, -0.15) is 4.31 Å². The summed E-state index contributed by atoms with van der Waals surface area (Å²) in [7, 11) is -3.78. The minimum Gasteiger partial charge on any atom is -0.345 e. The van der Waals surface area contributed by atoms with E-state index in [9.17, 15) is 12.8 Å². The van der Waals surface area contributed by atoms with Gasteiger partial charge in [0.2, 0.25) is 10.0 Å². The highest BCUT2D eigenvalue weighted by atomic mass is 35.5. The predicted molar refractivity (Wildman–Crippen MR) is 124 cm³/mol. The molecule has 1 fully saturated rings. The van der Waals surface area contributed by atoms with Gasteiger partial charge < -0.3 is 4.90 Å². The summed E-state index contributed by atoms with van der Waals surface area (Å²) < 4.78 is 40.6. The fourth-order valence-electron chi connectivity index (χ4n) is 4.05. The second-order valence-electron chi connectivity index (χ2n) is 7.75. The van der Waals surface area contributed by atoms with Gasteiger partial charge in [-0.1, -0.05) is 29.3 Å². The Balaban J connectivity index is 1.50. The molecule has 2 heterocycles. The first-order valence-electron chi connectivity index (χ1n) is 9.90. The van der Waals surface area contributed by atoms with Crippen LogP contribution in [0.1, 0.15) is 16.7 Å². The first kappa shape index (κ1) is 22.2. The summed E-state index contributed by atoms with van der Waals surface area (Å²) in [5.41, 5.74) is 5.72. The van der Waals surface area contributed by atoms with Crippen LogP contribution in [0.5, 0.6) is 0 Å². The molecule has 0 spiro atoms. The molecule has 31 heavy (non-hydrogen) atoms. The summed E-state index contributed by atoms with van der Waals surface area (Å²) in [5, 5.41) is 2.84. The third kappa shape index (κ3) is 4.35. The number of benzene rings is 2. The molecule has 0 N–H and O–H groups in total. The Morgan fingerprint density at radius 2 is 1.68 bits per heavy atom. The molecule has 0 amide bonds. The number of anilines is 1. The molecule has 0 unspecified atom stereocenters. The largest absolute Gasteiger partial charge is 0.345 e. The van der Waals surface area contributed by atoms with E-state index in [2.05, 4.69) is 43.2 Å². The third-order valence-corrected chi connectivity index (χ3v) is 8.73. The number of aryl methyl sites for hydroxylation is 3. The third-order valence-electron chi connectivity index (χ3n) is 5.45. The van der Waals surface area contributed by atoms with E-state index in [1.165, 1.54) is 27.1 Å². The molecule has 1 aliphatic rings. The Bertz CT molecular complexity index is 1210. The van der Waals surface area contributed by atoms with E-state index in [-0.39, 0.29) is 9.92 Å². The monoisotopic (exact) mass is 479 g/mol. The Hall–Kier alpha value is -2.00. The van der Waals surface area contributed by atoms with E-state index in [0.29, 0.717) is 26.2 Å². The van der Waals surface area contributed by atoms with Crippen LogP contribution < -0.4 is 4.90 Å². The Morgan fingerprint density at radius 1 is 1.03 bits per heavy atom. The lowest BCUT2D eigenvalue weighted by Gasteiger charge is -2.33. The molecule has 0 aliphatic carbocycles. The summed E-state index contributed by atoms with van der Waals surface area (Å²) in [6.45, 7) is 7.95. The highest BCUT2D eigenvalue weighted by Gasteiger charge is 2.31. The van der Waals surface area contributed by atoms with Crippen molar-refractivity contribution in [1.29, 1.82) is 0 Å². The summed E-state index contributed by atoms with van der Waals surface area (Å²) in [6, 6.07) is 7.67. The second-order valence-corrected chi connectivity index (χ2v) is 10.9. The minimum absolute atomic E-state index is 0.0640. The van der Waals surface area contributed by atoms with Crippen LogP contribution in [0.4, 0.5) is 9.52 Å². The SMILES string of the molecule is Cc1cc(C)c(-c2csc(N3CCN(S(=O)(=O)c4ccc(F)cc4Cl)CC3)n2)c(C)c1. The molecule has 0 radical (unpaired) electrons. The fraction of sp³-hybridized carbons (Fsp3) is 0.318. The molecule has 0 atom stereocenters. The summed E-state index contributed by atoms with van der Waals surface area (Å²) in [4.78, 5) is 6.88. The zero-order valence-electron chi connectivity index (χ0n) is 17.5. The van der Waals surface area contributed by atoms with Gasteiger partial charge >= 0.3 is 0 Å². The van der Waals surface area contributed by atoms with Crippen molar-refractivity contribution in [3.05, 3.63) is 63.2 Å². The molecule has 0 saturated carbocycles. The van der Waals surface area contributed by atoms with Crippen LogP contribution in [-0.4, -0.2) is 43.9 Å². The van der Waals surface area contributed by atoms with Gasteiger partial charge in [0, 0.05) is 37.1 Å². The van der Waals surface area contributed by atoms with E-state index in [1.54, 1.807) is 11.3 Å². The maximum absolute atomic E-state index is 13.3. The lowest BCUT2D eigenvalue weighted by molar-refractivity contribution is 0.384. The Kier molecular flexibility index (Phi) is 6.09. The van der Waals surface area contributed by atoms with Gasteiger partial charge in [0.1, 0.15) is 10.7 Å². The first-order chi connectivity index (χ1) is 14.7. The van der Waals surface area contributed by atoms with Gasteiger partial charge in [-0.3, -0.25) is 0 Å². The molecule has 5 nitrogen and oxygen atoms in total. The highest BCUT2D eigenvalue weighted by molar-refractivity contribution is 7.89. The van der Waals surface area contributed by atoms with E-state index < -0.39 is 15.8 Å². The number of aromatic nitrogens is 1. The summed E-state index contributed by atoms with van der Waals surface area (Å²) >= 11 is 7.56. The molecule has 2 aromatic carbocycles. The van der Waals surface area contributed by atoms with Gasteiger partial charge in [0.25, 0.3) is 0 Å². The number of hydrogen-bond acceptors (Lipinski definition) is 5. The van der Waals surface area contributed by atoms with Gasteiger partial charge in [-0.05, 0) is 50.1 Å². The van der Waals surface area contributed by atoms with Gasteiger partial charge in [0.15, 0.2) is 5.13 Å². The molecule has 0 bridgehead atoms. The van der Waals surface area contributed by atoms with Crippen LogP contribution in [0.2, 0.25) is 5.02 Å². The molecule has 164 valence electrons. The molecular weight excluding hydrogens is 457 g/mol. The highest BCUT2D eigenvalue weighted by Crippen LogP contribution is 2.33. The predicted octanol–water partition coefficient (Wildman–Crippen LogP) is 5.04. The Labute approximate surface area is 191 Å². The number of thiazole rings is 1. The molecule has 9 heteroatoms. The maximum atomic E-state index is 13.3. The van der Waals surface area contributed by atoms with E-state index >= 15 is 0 Å². The van der Waals surface area contributed by atoms with Crippen LogP contribution >= 0.6 is 22.9 Å². The Morgan fingerprint density at radius 3 is 2.29 bits per heavy atom. The van der Waals surface area contributed by atoms with Crippen molar-refractivity contribution in [1.82, 2.24) is 9.29 Å². The standard InChI is InChI=1S/C22H23ClFN3O2S2/c1-14-10-15(2)21(16(3)11-14)19-13-30-22(25-19)26-6-8-27(9-7-26)31(28,29)20-5-4-17(24)12-18(20)23/h4-5,10-13H,6-9H2,1-3H3. The van der Waals surface area contributed by atoms with Crippen molar-refractivity contribution in [2.24, 2.45) is 0 Å². The molecule has 1 saturated heterocycles. The molecule has 4 rings (SSSR count). The number of rotatable bonds is 4. The summed E-state index contributed by atoms with van der Waals surface area (Å²) in [6.07, 6.45) is 0. The van der Waals surface area contributed by atoms with Crippen LogP contribution in [0.15, 0.2) is 40.6 Å². The zero-order valence-corrected chi connectivity index (χ0v) is 19.9. The zero-order chi connectivity index (χ0) is 22.3. The van der Waals surface area contributed by atoms with E-state index in [1.807, 2.05) is 0 Å². The molecular formula is C22H23ClFN3O2S2. The van der Waals surface area contributed by atoms with Crippen molar-refractivity contribution >= 4 is 38.1 Å². The number of halogens is 2. The molecule has 1 aliphatic heterocycles. The average Bonchev–Trinajstić information content (AvgIpc) is 3.16. The lowest BCUT2D eigenvalue weighted by Crippen LogP contribution is -2.48. The fourth-order valence-corrected chi connectivity index (χ4v) is 6.85. The number of nitrogens with zero attached hydrogens (tertiary/aromatic N) is 3. The first-order valence-corrected chi connectivity index (χ1v) is 12.6. The van der Waals surface area contributed by atoms with E-state index in [0.717, 1.165) is 28.5 Å². The van der Waals surface area contributed by atoms with Gasteiger partial charge in [0.05, 0.1) is 10.7 Å². The van der Waals surface area contributed by atoms with Gasteiger partial charge in [-0.15, -0.1) is 11.3 Å². The number of piperazine rings is 1. The smallest absolute Gasteiger partial charge is 0.244 e. The van der Waals surface area contributed by atoms with E-state index in [4.69, 9.17) is 16.6 Å². The minimum atomic E-state index is -3.78. The van der Waals surface area contributed by atoms with Crippen molar-refractivity contribution in [2.75, 3.05) is 31.1 Å². The van der Waals surface area contributed by atoms with Crippen molar-refractivity contribution in [2.45, 2.75) is 25.7 Å². The number of hydrogen-bond donors (Lipinski definition) is 0. The molecule has 1 aromatic heterocycles. The average molecular weight is 480 g/mol. The second kappa shape index (κ2) is 8.50. The van der Waals surface area contributed by atoms with Crippen LogP contribution in [0.3, 0.4) is 0 Å². The van der Waals surface area contributed by atoms with Crippen molar-refractivity contribution < 1.29 is 12.8 Å². The topological polar surface area (TPSA) is 53.5 Å². The molecule has 3 aromatic rings. The number of sulfonamides is 1. The van der Waals surface area contributed by atoms with Crippen molar-refractivity contribution in [3.63, 3.8) is 0 Å². The normalized spacial score (nSPS) is 15.5. The quantitative estimate of drug-likeness (QED) is 0.526. The van der Waals surface area contributed by atoms with Crippen LogP contribution in [-0.2, 0) is 10.0 Å². The summed E-state index contributed by atoms with van der Waals surface area (Å²) in [5.74, 6) is -0.563.